The number of allylic oxidation sites excluding steroid dienone is 3. The minimum Gasteiger partial charge on any atom is -0.294 e. The second-order valence-electron chi connectivity index (χ2n) is 4.53. The maximum atomic E-state index is 11.5. The molecule has 1 aliphatic carbocycles. The quantitative estimate of drug-likeness (QED) is 0.606. The molecule has 72 valence electrons. The number of hydrogen-bond acceptors (Lipinski definition) is 1. The lowest BCUT2D eigenvalue weighted by Crippen LogP contribution is -2.19. The summed E-state index contributed by atoms with van der Waals surface area (Å²) >= 11 is 0. The van der Waals surface area contributed by atoms with E-state index in [0.29, 0.717) is 11.8 Å². The maximum absolute atomic E-state index is 11.5. The third-order valence-corrected chi connectivity index (χ3v) is 2.57. The van der Waals surface area contributed by atoms with E-state index in [4.69, 9.17) is 0 Å². The fourth-order valence-electron chi connectivity index (χ4n) is 1.79. The Morgan fingerprint density at radius 3 is 2.92 bits per heavy atom. The molecular weight excluding hydrogens is 160 g/mol. The van der Waals surface area contributed by atoms with Crippen molar-refractivity contribution >= 4 is 5.78 Å². The van der Waals surface area contributed by atoms with Crippen LogP contribution < -0.4 is 0 Å². The minimum atomic E-state index is 0.253. The smallest absolute Gasteiger partial charge is 0.162 e. The Kier molecular flexibility index (Phi) is 3.07. The first-order chi connectivity index (χ1) is 6.05. The molecule has 0 aromatic carbocycles. The van der Waals surface area contributed by atoms with Crippen LogP contribution in [0.1, 0.15) is 39.5 Å². The van der Waals surface area contributed by atoms with E-state index < -0.39 is 0 Å². The molecule has 1 nitrogen and oxygen atoms in total. The Labute approximate surface area is 80.5 Å². The van der Waals surface area contributed by atoms with Gasteiger partial charge in [-0.1, -0.05) is 26.0 Å². The van der Waals surface area contributed by atoms with Gasteiger partial charge in [-0.15, -0.1) is 6.58 Å². The van der Waals surface area contributed by atoms with Gasteiger partial charge in [-0.25, -0.2) is 0 Å². The van der Waals surface area contributed by atoms with Crippen LogP contribution in [0.3, 0.4) is 0 Å². The van der Waals surface area contributed by atoms with E-state index in [1.165, 1.54) is 6.42 Å². The van der Waals surface area contributed by atoms with Crippen molar-refractivity contribution in [2.45, 2.75) is 39.5 Å². The van der Waals surface area contributed by atoms with Crippen LogP contribution >= 0.6 is 0 Å². The second-order valence-corrected chi connectivity index (χ2v) is 4.53. The summed E-state index contributed by atoms with van der Waals surface area (Å²) in [6.45, 7) is 8.03. The number of rotatable bonds is 3. The summed E-state index contributed by atoms with van der Waals surface area (Å²) in [6, 6.07) is 0. The van der Waals surface area contributed by atoms with Crippen molar-refractivity contribution in [2.24, 2.45) is 5.41 Å². The lowest BCUT2D eigenvalue weighted by atomic mass is 9.76. The number of carbonyl (C=O) groups is 1. The van der Waals surface area contributed by atoms with Crippen molar-refractivity contribution in [1.29, 1.82) is 0 Å². The number of hydrogen-bond donors (Lipinski definition) is 0. The van der Waals surface area contributed by atoms with Crippen LogP contribution in [-0.2, 0) is 4.79 Å². The van der Waals surface area contributed by atoms with Crippen molar-refractivity contribution in [1.82, 2.24) is 0 Å². The maximum Gasteiger partial charge on any atom is 0.162 e. The highest BCUT2D eigenvalue weighted by Gasteiger charge is 2.25. The van der Waals surface area contributed by atoms with Gasteiger partial charge in [0.1, 0.15) is 0 Å². The molecule has 0 N–H and O–H groups in total. The molecule has 0 aromatic rings. The van der Waals surface area contributed by atoms with E-state index in [2.05, 4.69) is 26.5 Å². The minimum absolute atomic E-state index is 0.253. The van der Waals surface area contributed by atoms with Gasteiger partial charge in [0.25, 0.3) is 0 Å². The molecule has 0 atom stereocenters. The Balaban J connectivity index is 2.65. The average molecular weight is 178 g/mol. The van der Waals surface area contributed by atoms with E-state index in [-0.39, 0.29) is 5.78 Å². The first-order valence-electron chi connectivity index (χ1n) is 4.88. The van der Waals surface area contributed by atoms with Crippen LogP contribution in [0.25, 0.3) is 0 Å². The Hall–Kier alpha value is -0.850. The summed E-state index contributed by atoms with van der Waals surface area (Å²) in [7, 11) is 0. The molecule has 0 aliphatic heterocycles. The molecule has 13 heavy (non-hydrogen) atoms. The predicted octanol–water partition coefficient (Wildman–Crippen LogP) is 3.27. The zero-order valence-corrected chi connectivity index (χ0v) is 8.60. The molecule has 0 saturated heterocycles. The molecule has 0 amide bonds. The zero-order chi connectivity index (χ0) is 9.90. The largest absolute Gasteiger partial charge is 0.294 e. The summed E-state index contributed by atoms with van der Waals surface area (Å²) in [4.78, 5) is 11.5. The van der Waals surface area contributed by atoms with Crippen LogP contribution in [0, 0.1) is 5.41 Å². The molecule has 0 fully saturated rings. The summed E-state index contributed by atoms with van der Waals surface area (Å²) in [6.07, 6.45) is 7.44. The van der Waals surface area contributed by atoms with E-state index in [0.717, 1.165) is 18.4 Å². The van der Waals surface area contributed by atoms with Gasteiger partial charge in [-0.3, -0.25) is 4.79 Å². The second kappa shape index (κ2) is 3.91. The number of carbonyl (C=O) groups excluding carboxylic acids is 1. The molecule has 0 radical (unpaired) electrons. The van der Waals surface area contributed by atoms with Gasteiger partial charge in [0.05, 0.1) is 0 Å². The standard InChI is InChI=1S/C12H18O/c1-4-6-11(13)10-7-5-8-12(2,3)9-10/h4,7H,1,5-6,8-9H2,2-3H3. The molecule has 1 heteroatoms. The predicted molar refractivity (Wildman–Crippen MR) is 55.5 cm³/mol. The van der Waals surface area contributed by atoms with Crippen molar-refractivity contribution in [3.63, 3.8) is 0 Å². The third-order valence-electron chi connectivity index (χ3n) is 2.57. The molecule has 0 bridgehead atoms. The molecular formula is C12H18O. The monoisotopic (exact) mass is 178 g/mol. The van der Waals surface area contributed by atoms with Crippen LogP contribution in [-0.4, -0.2) is 5.78 Å². The first kappa shape index (κ1) is 10.2. The zero-order valence-electron chi connectivity index (χ0n) is 8.60. The van der Waals surface area contributed by atoms with E-state index in [9.17, 15) is 4.79 Å². The van der Waals surface area contributed by atoms with Crippen LogP contribution in [0.2, 0.25) is 0 Å². The third kappa shape index (κ3) is 2.83. The van der Waals surface area contributed by atoms with Crippen LogP contribution in [0.5, 0.6) is 0 Å². The van der Waals surface area contributed by atoms with Gasteiger partial charge in [-0.05, 0) is 30.3 Å². The van der Waals surface area contributed by atoms with E-state index in [1.54, 1.807) is 6.08 Å². The highest BCUT2D eigenvalue weighted by atomic mass is 16.1. The first-order valence-corrected chi connectivity index (χ1v) is 4.88. The molecule has 0 aromatic heterocycles. The van der Waals surface area contributed by atoms with Crippen molar-refractivity contribution in [2.75, 3.05) is 0 Å². The lowest BCUT2D eigenvalue weighted by Gasteiger charge is -2.28. The summed E-state index contributed by atoms with van der Waals surface area (Å²) < 4.78 is 0. The fraction of sp³-hybridized carbons (Fsp3) is 0.583. The van der Waals surface area contributed by atoms with Crippen LogP contribution in [0.4, 0.5) is 0 Å². The summed E-state index contributed by atoms with van der Waals surface area (Å²) in [5.41, 5.74) is 1.32. The molecule has 0 spiro atoms. The van der Waals surface area contributed by atoms with E-state index >= 15 is 0 Å². The van der Waals surface area contributed by atoms with Crippen molar-refractivity contribution < 1.29 is 4.79 Å². The van der Waals surface area contributed by atoms with Gasteiger partial charge < -0.3 is 0 Å². The molecule has 0 unspecified atom stereocenters. The Bertz CT molecular complexity index is 246. The molecule has 1 rings (SSSR count). The van der Waals surface area contributed by atoms with Crippen molar-refractivity contribution in [3.05, 3.63) is 24.3 Å². The summed E-state index contributed by atoms with van der Waals surface area (Å²) in [5.74, 6) is 0.253. The highest BCUT2D eigenvalue weighted by Crippen LogP contribution is 2.35. The topological polar surface area (TPSA) is 17.1 Å². The fourth-order valence-corrected chi connectivity index (χ4v) is 1.79. The Morgan fingerprint density at radius 1 is 1.69 bits per heavy atom. The van der Waals surface area contributed by atoms with Gasteiger partial charge in [-0.2, -0.15) is 0 Å². The summed E-state index contributed by atoms with van der Waals surface area (Å²) in [5, 5.41) is 0. The van der Waals surface area contributed by atoms with Gasteiger partial charge in [0.2, 0.25) is 0 Å². The van der Waals surface area contributed by atoms with Crippen LogP contribution in [0.15, 0.2) is 24.3 Å². The molecule has 1 aliphatic rings. The van der Waals surface area contributed by atoms with Gasteiger partial charge in [0.15, 0.2) is 5.78 Å². The number of Topliss-reactive ketones (excluding diaryl/α,β-unsaturated/α-hetero) is 1. The molecule has 0 heterocycles. The SMILES string of the molecule is C=CCC(=O)C1=CCCC(C)(C)C1. The van der Waals surface area contributed by atoms with Gasteiger partial charge >= 0.3 is 0 Å². The highest BCUT2D eigenvalue weighted by molar-refractivity contribution is 5.96. The average Bonchev–Trinajstić information content (AvgIpc) is 2.03. The van der Waals surface area contributed by atoms with Crippen molar-refractivity contribution in [3.8, 4) is 0 Å². The van der Waals surface area contributed by atoms with E-state index in [1.807, 2.05) is 0 Å². The number of ketones is 1. The Morgan fingerprint density at radius 2 is 2.38 bits per heavy atom. The lowest BCUT2D eigenvalue weighted by molar-refractivity contribution is -0.115. The molecule has 0 saturated carbocycles. The normalized spacial score (nSPS) is 20.6. The van der Waals surface area contributed by atoms with Gasteiger partial charge in [0, 0.05) is 6.42 Å².